The standard InChI is InChI=1S/C14H23NO3S/c1-5-12(15-8-9-19(4)16)11-6-7-13(17-2)14(10-11)18-3/h6-7,10,12,15H,5,8-9H2,1-4H3. The average Bonchev–Trinajstić information content (AvgIpc) is 2.42. The van der Waals surface area contributed by atoms with Crippen molar-refractivity contribution >= 4 is 10.8 Å². The molecule has 0 saturated heterocycles. The molecule has 1 N–H and O–H groups in total. The molecule has 0 aromatic heterocycles. The number of benzene rings is 1. The van der Waals surface area contributed by atoms with Gasteiger partial charge in [-0.05, 0) is 24.1 Å². The van der Waals surface area contributed by atoms with E-state index in [9.17, 15) is 4.21 Å². The van der Waals surface area contributed by atoms with E-state index in [2.05, 4.69) is 12.2 Å². The van der Waals surface area contributed by atoms with Gasteiger partial charge in [0.25, 0.3) is 0 Å². The summed E-state index contributed by atoms with van der Waals surface area (Å²) in [6, 6.07) is 6.17. The maximum absolute atomic E-state index is 11.1. The predicted octanol–water partition coefficient (Wildman–Crippen LogP) is 2.12. The van der Waals surface area contributed by atoms with Crippen LogP contribution in [-0.4, -0.2) is 37.0 Å². The molecule has 2 unspecified atom stereocenters. The molecule has 2 atom stereocenters. The zero-order valence-corrected chi connectivity index (χ0v) is 12.9. The first-order chi connectivity index (χ1) is 9.12. The molecule has 0 saturated carbocycles. The molecule has 1 aromatic rings. The van der Waals surface area contributed by atoms with Gasteiger partial charge in [0.15, 0.2) is 11.5 Å². The van der Waals surface area contributed by atoms with Crippen LogP contribution in [0.15, 0.2) is 18.2 Å². The van der Waals surface area contributed by atoms with Crippen LogP contribution in [0.3, 0.4) is 0 Å². The molecule has 0 fully saturated rings. The van der Waals surface area contributed by atoms with Gasteiger partial charge in [-0.2, -0.15) is 0 Å². The number of rotatable bonds is 8. The van der Waals surface area contributed by atoms with Gasteiger partial charge in [-0.3, -0.25) is 4.21 Å². The number of ether oxygens (including phenoxy) is 2. The second-order valence-electron chi connectivity index (χ2n) is 4.31. The molecule has 0 aliphatic heterocycles. The Morgan fingerprint density at radius 2 is 1.95 bits per heavy atom. The van der Waals surface area contributed by atoms with Crippen molar-refractivity contribution < 1.29 is 13.7 Å². The first kappa shape index (κ1) is 16.0. The molecule has 0 aliphatic rings. The maximum atomic E-state index is 11.1. The second-order valence-corrected chi connectivity index (χ2v) is 5.86. The van der Waals surface area contributed by atoms with Gasteiger partial charge in [-0.25, -0.2) is 0 Å². The summed E-state index contributed by atoms with van der Waals surface area (Å²) in [4.78, 5) is 0. The van der Waals surface area contributed by atoms with Crippen LogP contribution in [0.5, 0.6) is 11.5 Å². The van der Waals surface area contributed by atoms with Crippen LogP contribution >= 0.6 is 0 Å². The van der Waals surface area contributed by atoms with Crippen LogP contribution in [-0.2, 0) is 10.8 Å². The van der Waals surface area contributed by atoms with Crippen LogP contribution in [0.2, 0.25) is 0 Å². The zero-order valence-electron chi connectivity index (χ0n) is 12.1. The molecule has 0 radical (unpaired) electrons. The maximum Gasteiger partial charge on any atom is 0.161 e. The van der Waals surface area contributed by atoms with E-state index in [-0.39, 0.29) is 6.04 Å². The van der Waals surface area contributed by atoms with Crippen molar-refractivity contribution in [1.29, 1.82) is 0 Å². The Labute approximate surface area is 118 Å². The van der Waals surface area contributed by atoms with Gasteiger partial charge < -0.3 is 14.8 Å². The predicted molar refractivity (Wildman–Crippen MR) is 79.5 cm³/mol. The van der Waals surface area contributed by atoms with Gasteiger partial charge in [0.2, 0.25) is 0 Å². The summed E-state index contributed by atoms with van der Waals surface area (Å²) in [5, 5.41) is 3.42. The average molecular weight is 285 g/mol. The van der Waals surface area contributed by atoms with E-state index < -0.39 is 10.8 Å². The van der Waals surface area contributed by atoms with Gasteiger partial charge in [-0.15, -0.1) is 0 Å². The van der Waals surface area contributed by atoms with Crippen molar-refractivity contribution in [2.24, 2.45) is 0 Å². The van der Waals surface area contributed by atoms with Gasteiger partial charge >= 0.3 is 0 Å². The van der Waals surface area contributed by atoms with Crippen molar-refractivity contribution in [3.63, 3.8) is 0 Å². The minimum atomic E-state index is -0.759. The van der Waals surface area contributed by atoms with E-state index in [0.717, 1.165) is 30.0 Å². The van der Waals surface area contributed by atoms with Crippen LogP contribution in [0.25, 0.3) is 0 Å². The van der Waals surface area contributed by atoms with Crippen LogP contribution in [0.4, 0.5) is 0 Å². The molecule has 19 heavy (non-hydrogen) atoms. The fourth-order valence-electron chi connectivity index (χ4n) is 1.94. The van der Waals surface area contributed by atoms with E-state index in [1.54, 1.807) is 20.5 Å². The van der Waals surface area contributed by atoms with Crippen LogP contribution in [0, 0.1) is 0 Å². The van der Waals surface area contributed by atoms with Crippen molar-refractivity contribution in [3.8, 4) is 11.5 Å². The van der Waals surface area contributed by atoms with E-state index >= 15 is 0 Å². The van der Waals surface area contributed by atoms with Crippen molar-refractivity contribution in [3.05, 3.63) is 23.8 Å². The van der Waals surface area contributed by atoms with Crippen molar-refractivity contribution in [2.45, 2.75) is 19.4 Å². The highest BCUT2D eigenvalue weighted by Crippen LogP contribution is 2.30. The Balaban J connectivity index is 2.77. The van der Waals surface area contributed by atoms with Gasteiger partial charge in [-0.1, -0.05) is 13.0 Å². The summed E-state index contributed by atoms with van der Waals surface area (Å²) >= 11 is 0. The summed E-state index contributed by atoms with van der Waals surface area (Å²) < 4.78 is 21.6. The Hall–Kier alpha value is -1.07. The van der Waals surface area contributed by atoms with E-state index in [0.29, 0.717) is 5.75 Å². The number of methoxy groups -OCH3 is 2. The normalized spacial score (nSPS) is 13.9. The molecular weight excluding hydrogens is 262 g/mol. The Kier molecular flexibility index (Phi) is 6.87. The minimum absolute atomic E-state index is 0.239. The molecule has 0 aliphatic carbocycles. The second kappa shape index (κ2) is 8.17. The fraction of sp³-hybridized carbons (Fsp3) is 0.571. The lowest BCUT2D eigenvalue weighted by Crippen LogP contribution is -2.25. The summed E-state index contributed by atoms with van der Waals surface area (Å²) in [5.41, 5.74) is 1.15. The highest BCUT2D eigenvalue weighted by atomic mass is 32.2. The molecule has 108 valence electrons. The van der Waals surface area contributed by atoms with Crippen LogP contribution < -0.4 is 14.8 Å². The molecule has 0 heterocycles. The summed E-state index contributed by atoms with van der Waals surface area (Å²) in [6.07, 6.45) is 2.69. The third-order valence-electron chi connectivity index (χ3n) is 3.00. The largest absolute Gasteiger partial charge is 0.493 e. The van der Waals surface area contributed by atoms with Crippen LogP contribution in [0.1, 0.15) is 24.9 Å². The Morgan fingerprint density at radius 1 is 1.26 bits per heavy atom. The molecule has 0 spiro atoms. The molecule has 1 rings (SSSR count). The topological polar surface area (TPSA) is 47.6 Å². The van der Waals surface area contributed by atoms with Gasteiger partial charge in [0.05, 0.1) is 14.2 Å². The summed E-state index contributed by atoms with van der Waals surface area (Å²) in [5.74, 6) is 2.14. The van der Waals surface area contributed by atoms with Gasteiger partial charge in [0, 0.05) is 35.4 Å². The van der Waals surface area contributed by atoms with E-state index in [1.807, 2.05) is 18.2 Å². The first-order valence-electron chi connectivity index (χ1n) is 6.37. The first-order valence-corrected chi connectivity index (χ1v) is 8.10. The minimum Gasteiger partial charge on any atom is -0.493 e. The molecule has 0 amide bonds. The Morgan fingerprint density at radius 3 is 2.47 bits per heavy atom. The third kappa shape index (κ3) is 4.84. The zero-order chi connectivity index (χ0) is 14.3. The lowest BCUT2D eigenvalue weighted by Gasteiger charge is -2.18. The molecule has 5 heteroatoms. The van der Waals surface area contributed by atoms with Crippen molar-refractivity contribution in [2.75, 3.05) is 32.8 Å². The SMILES string of the molecule is CCC(NCCS(C)=O)c1ccc(OC)c(OC)c1. The number of hydrogen-bond acceptors (Lipinski definition) is 4. The molecule has 4 nitrogen and oxygen atoms in total. The molecule has 1 aromatic carbocycles. The fourth-order valence-corrected chi connectivity index (χ4v) is 2.35. The Bertz CT molecular complexity index is 423. The number of nitrogens with one attached hydrogen (secondary N) is 1. The highest BCUT2D eigenvalue weighted by Gasteiger charge is 2.12. The van der Waals surface area contributed by atoms with Gasteiger partial charge in [0.1, 0.15) is 0 Å². The molecular formula is C14H23NO3S. The van der Waals surface area contributed by atoms with E-state index in [1.165, 1.54) is 0 Å². The summed E-state index contributed by atoms with van der Waals surface area (Å²) in [6.45, 7) is 2.87. The monoisotopic (exact) mass is 285 g/mol. The lowest BCUT2D eigenvalue weighted by molar-refractivity contribution is 0.353. The summed E-state index contributed by atoms with van der Waals surface area (Å²) in [7, 11) is 2.51. The quantitative estimate of drug-likeness (QED) is 0.795. The van der Waals surface area contributed by atoms with E-state index in [4.69, 9.17) is 9.47 Å². The van der Waals surface area contributed by atoms with Crippen molar-refractivity contribution in [1.82, 2.24) is 5.32 Å². The third-order valence-corrected chi connectivity index (χ3v) is 3.78. The highest BCUT2D eigenvalue weighted by molar-refractivity contribution is 7.84. The number of hydrogen-bond donors (Lipinski definition) is 1. The smallest absolute Gasteiger partial charge is 0.161 e. The lowest BCUT2D eigenvalue weighted by atomic mass is 10.0. The molecule has 0 bridgehead atoms.